The number of hydrogen-bond donors (Lipinski definition) is 0. The maximum atomic E-state index is 13.1. The molecule has 0 radical (unpaired) electrons. The third-order valence-electron chi connectivity index (χ3n) is 5.43. The van der Waals surface area contributed by atoms with Gasteiger partial charge in [-0.15, -0.1) is 0 Å². The minimum atomic E-state index is -0.577. The highest BCUT2D eigenvalue weighted by Crippen LogP contribution is 2.35. The van der Waals surface area contributed by atoms with Crippen molar-refractivity contribution in [1.82, 2.24) is 4.90 Å². The monoisotopic (exact) mass is 427 g/mol. The molecule has 166 valence electrons. The minimum absolute atomic E-state index is 0.0262. The highest BCUT2D eigenvalue weighted by molar-refractivity contribution is 5.99. The number of carbonyl (C=O) groups is 1. The second-order valence-electron chi connectivity index (χ2n) is 7.59. The molecule has 0 atom stereocenters. The number of nitro groups is 1. The predicted octanol–water partition coefficient (Wildman–Crippen LogP) is 4.26. The highest BCUT2D eigenvalue weighted by Gasteiger charge is 2.27. The van der Waals surface area contributed by atoms with Crippen molar-refractivity contribution in [2.45, 2.75) is 32.7 Å². The molecule has 1 aliphatic heterocycles. The molecule has 0 spiro atoms. The zero-order chi connectivity index (χ0) is 22.4. The Hall–Kier alpha value is -3.29. The van der Waals surface area contributed by atoms with Gasteiger partial charge in [-0.25, -0.2) is 0 Å². The first-order valence-corrected chi connectivity index (χ1v) is 10.5. The van der Waals surface area contributed by atoms with Crippen molar-refractivity contribution < 1.29 is 19.2 Å². The van der Waals surface area contributed by atoms with Gasteiger partial charge in [0.15, 0.2) is 11.5 Å². The van der Waals surface area contributed by atoms with Crippen molar-refractivity contribution in [2.75, 3.05) is 38.8 Å². The van der Waals surface area contributed by atoms with Gasteiger partial charge in [0.1, 0.15) is 5.56 Å². The van der Waals surface area contributed by atoms with Crippen LogP contribution >= 0.6 is 0 Å². The van der Waals surface area contributed by atoms with E-state index >= 15 is 0 Å². The molecule has 0 aliphatic carbocycles. The van der Waals surface area contributed by atoms with E-state index in [1.807, 2.05) is 12.1 Å². The van der Waals surface area contributed by atoms with E-state index in [1.165, 1.54) is 49.1 Å². The first-order chi connectivity index (χ1) is 14.9. The van der Waals surface area contributed by atoms with Gasteiger partial charge in [0.05, 0.1) is 24.7 Å². The van der Waals surface area contributed by atoms with Gasteiger partial charge in [-0.3, -0.25) is 14.9 Å². The van der Waals surface area contributed by atoms with E-state index in [0.29, 0.717) is 18.9 Å². The van der Waals surface area contributed by atoms with Gasteiger partial charge in [0.25, 0.3) is 11.6 Å². The van der Waals surface area contributed by atoms with Gasteiger partial charge in [-0.2, -0.15) is 0 Å². The number of hydrogen-bond acceptors (Lipinski definition) is 6. The first-order valence-electron chi connectivity index (χ1n) is 10.5. The fourth-order valence-corrected chi connectivity index (χ4v) is 3.81. The molecule has 0 unspecified atom stereocenters. The van der Waals surface area contributed by atoms with Crippen LogP contribution in [0.3, 0.4) is 0 Å². The molecule has 1 saturated heterocycles. The molecule has 1 heterocycles. The van der Waals surface area contributed by atoms with Crippen LogP contribution in [0.15, 0.2) is 36.4 Å². The Balaban J connectivity index is 1.78. The van der Waals surface area contributed by atoms with Crippen molar-refractivity contribution in [3.63, 3.8) is 0 Å². The van der Waals surface area contributed by atoms with Gasteiger partial charge in [-0.1, -0.05) is 12.1 Å². The Bertz CT molecular complexity index is 924. The standard InChI is InChI=1S/C23H29N3O5/c1-4-31-22-14-19(20(26(28)29)15-21(22)30-3)23(27)24(2)16-17-8-10-18(11-9-17)25-12-6-5-7-13-25/h8-11,14-15H,4-7,12-13,16H2,1-3H3. The molecule has 0 aromatic heterocycles. The number of anilines is 1. The third-order valence-corrected chi connectivity index (χ3v) is 5.43. The van der Waals surface area contributed by atoms with Gasteiger partial charge in [-0.05, 0) is 43.9 Å². The fourth-order valence-electron chi connectivity index (χ4n) is 3.81. The molecule has 2 aromatic carbocycles. The average Bonchev–Trinajstić information content (AvgIpc) is 2.79. The summed E-state index contributed by atoms with van der Waals surface area (Å²) in [6, 6.07) is 10.8. The van der Waals surface area contributed by atoms with Crippen LogP contribution in [0, 0.1) is 10.1 Å². The zero-order valence-corrected chi connectivity index (χ0v) is 18.3. The number of amides is 1. The molecule has 3 rings (SSSR count). The molecular weight excluding hydrogens is 398 g/mol. The quantitative estimate of drug-likeness (QED) is 0.462. The van der Waals surface area contributed by atoms with Crippen LogP contribution in [0.5, 0.6) is 11.5 Å². The molecule has 31 heavy (non-hydrogen) atoms. The molecule has 1 fully saturated rings. The lowest BCUT2D eigenvalue weighted by molar-refractivity contribution is -0.385. The molecule has 8 nitrogen and oxygen atoms in total. The Labute approximate surface area is 182 Å². The van der Waals surface area contributed by atoms with Crippen LogP contribution in [0.2, 0.25) is 0 Å². The number of benzene rings is 2. The largest absolute Gasteiger partial charge is 0.493 e. The SMILES string of the molecule is CCOc1cc(C(=O)N(C)Cc2ccc(N3CCCCC3)cc2)c([N+](=O)[O-])cc1OC. The number of nitro benzene ring substituents is 1. The first kappa shape index (κ1) is 22.4. The number of carbonyl (C=O) groups excluding carboxylic acids is 1. The Kier molecular flexibility index (Phi) is 7.33. The van der Waals surface area contributed by atoms with Crippen LogP contribution in [0.1, 0.15) is 42.1 Å². The lowest BCUT2D eigenvalue weighted by atomic mass is 10.1. The van der Waals surface area contributed by atoms with E-state index in [4.69, 9.17) is 9.47 Å². The summed E-state index contributed by atoms with van der Waals surface area (Å²) in [6.07, 6.45) is 3.71. The number of nitrogens with zero attached hydrogens (tertiary/aromatic N) is 3. The van der Waals surface area contributed by atoms with Gasteiger partial charge >= 0.3 is 0 Å². The Morgan fingerprint density at radius 3 is 2.39 bits per heavy atom. The summed E-state index contributed by atoms with van der Waals surface area (Å²) in [5.41, 5.74) is 1.81. The van der Waals surface area contributed by atoms with Crippen molar-refractivity contribution in [2.24, 2.45) is 0 Å². The van der Waals surface area contributed by atoms with Crippen molar-refractivity contribution in [3.8, 4) is 11.5 Å². The molecule has 2 aromatic rings. The highest BCUT2D eigenvalue weighted by atomic mass is 16.6. The van der Waals surface area contributed by atoms with Crippen molar-refractivity contribution in [1.29, 1.82) is 0 Å². The lowest BCUT2D eigenvalue weighted by Gasteiger charge is -2.29. The summed E-state index contributed by atoms with van der Waals surface area (Å²) in [5, 5.41) is 11.6. The maximum absolute atomic E-state index is 13.1. The van der Waals surface area contributed by atoms with E-state index in [1.54, 1.807) is 14.0 Å². The summed E-state index contributed by atoms with van der Waals surface area (Å²) in [6.45, 7) is 4.62. The van der Waals surface area contributed by atoms with E-state index in [-0.39, 0.29) is 17.0 Å². The van der Waals surface area contributed by atoms with Crippen LogP contribution in [-0.2, 0) is 6.54 Å². The van der Waals surface area contributed by atoms with E-state index in [2.05, 4.69) is 17.0 Å². The molecule has 8 heteroatoms. The smallest absolute Gasteiger partial charge is 0.286 e. The van der Waals surface area contributed by atoms with Crippen molar-refractivity contribution >= 4 is 17.3 Å². The van der Waals surface area contributed by atoms with Crippen LogP contribution in [-0.4, -0.2) is 49.6 Å². The zero-order valence-electron chi connectivity index (χ0n) is 18.3. The average molecular weight is 428 g/mol. The minimum Gasteiger partial charge on any atom is -0.493 e. The molecule has 1 amide bonds. The Morgan fingerprint density at radius 1 is 1.13 bits per heavy atom. The molecule has 0 saturated carbocycles. The van der Waals surface area contributed by atoms with E-state index in [9.17, 15) is 14.9 Å². The number of methoxy groups -OCH3 is 1. The van der Waals surface area contributed by atoms with E-state index in [0.717, 1.165) is 18.7 Å². The number of ether oxygens (including phenoxy) is 2. The van der Waals surface area contributed by atoms with Crippen molar-refractivity contribution in [3.05, 3.63) is 57.6 Å². The summed E-state index contributed by atoms with van der Waals surface area (Å²) in [7, 11) is 3.04. The van der Waals surface area contributed by atoms with Crippen LogP contribution in [0.4, 0.5) is 11.4 Å². The summed E-state index contributed by atoms with van der Waals surface area (Å²) in [5.74, 6) is 0.0784. The summed E-state index contributed by atoms with van der Waals surface area (Å²) in [4.78, 5) is 27.9. The predicted molar refractivity (Wildman–Crippen MR) is 119 cm³/mol. The number of piperidine rings is 1. The van der Waals surface area contributed by atoms with Gasteiger partial charge < -0.3 is 19.3 Å². The van der Waals surface area contributed by atoms with Gasteiger partial charge in [0, 0.05) is 38.4 Å². The van der Waals surface area contributed by atoms with Crippen LogP contribution < -0.4 is 14.4 Å². The Morgan fingerprint density at radius 2 is 1.81 bits per heavy atom. The van der Waals surface area contributed by atoms with Gasteiger partial charge in [0.2, 0.25) is 0 Å². The van der Waals surface area contributed by atoms with E-state index < -0.39 is 10.8 Å². The van der Waals surface area contributed by atoms with Crippen LogP contribution in [0.25, 0.3) is 0 Å². The molecular formula is C23H29N3O5. The fraction of sp³-hybridized carbons (Fsp3) is 0.435. The second kappa shape index (κ2) is 10.1. The number of rotatable bonds is 8. The molecule has 0 N–H and O–H groups in total. The molecule has 0 bridgehead atoms. The third kappa shape index (κ3) is 5.25. The lowest BCUT2D eigenvalue weighted by Crippen LogP contribution is -2.29. The summed E-state index contributed by atoms with van der Waals surface area (Å²) < 4.78 is 10.7. The maximum Gasteiger partial charge on any atom is 0.286 e. The summed E-state index contributed by atoms with van der Waals surface area (Å²) >= 11 is 0. The topological polar surface area (TPSA) is 85.2 Å². The second-order valence-corrected chi connectivity index (χ2v) is 7.59. The normalized spacial score (nSPS) is 13.6. The molecule has 1 aliphatic rings.